The summed E-state index contributed by atoms with van der Waals surface area (Å²) in [5.74, 6) is -2.48. The molecule has 2 aromatic carbocycles. The molecule has 0 aliphatic carbocycles. The molecule has 3 aromatic rings. The van der Waals surface area contributed by atoms with E-state index in [-0.39, 0.29) is 11.5 Å². The number of benzene rings is 2. The lowest BCUT2D eigenvalue weighted by Gasteiger charge is -2.07. The zero-order valence-corrected chi connectivity index (χ0v) is 13.8. The molecule has 26 heavy (non-hydrogen) atoms. The highest BCUT2D eigenvalue weighted by molar-refractivity contribution is 6.04. The van der Waals surface area contributed by atoms with Crippen LogP contribution in [0.1, 0.15) is 27.2 Å². The van der Waals surface area contributed by atoms with Gasteiger partial charge in [0.2, 0.25) is 0 Å². The summed E-state index contributed by atoms with van der Waals surface area (Å²) in [6, 6.07) is 12.3. The Morgan fingerprint density at radius 2 is 2.08 bits per heavy atom. The number of aryl methyl sites for hydroxylation is 1. The van der Waals surface area contributed by atoms with Crippen LogP contribution >= 0.6 is 0 Å². The minimum atomic E-state index is -0.876. The average molecular weight is 352 g/mol. The fraction of sp³-hybridized carbons (Fsp3) is 0.105. The molecule has 1 heterocycles. The van der Waals surface area contributed by atoms with Crippen LogP contribution in [0.2, 0.25) is 0 Å². The average Bonchev–Trinajstić information content (AvgIpc) is 2.98. The predicted molar refractivity (Wildman–Crippen MR) is 91.5 cm³/mol. The number of hydrogen-bond donors (Lipinski definition) is 1. The van der Waals surface area contributed by atoms with Crippen LogP contribution in [0.5, 0.6) is 0 Å². The van der Waals surface area contributed by atoms with E-state index in [2.05, 4.69) is 10.3 Å². The number of imidazole rings is 1. The fourth-order valence-electron chi connectivity index (χ4n) is 2.56. The third-order valence-corrected chi connectivity index (χ3v) is 3.78. The van der Waals surface area contributed by atoms with Crippen molar-refractivity contribution in [3.63, 3.8) is 0 Å². The fourth-order valence-corrected chi connectivity index (χ4v) is 2.56. The molecule has 0 unspecified atom stereocenters. The third kappa shape index (κ3) is 3.59. The maximum Gasteiger partial charge on any atom is 0.259 e. The number of anilines is 1. The molecule has 0 atom stereocenters. The number of nitrogens with zero attached hydrogens (tertiary/aromatic N) is 3. The Labute approximate surface area is 148 Å². The van der Waals surface area contributed by atoms with E-state index < -0.39 is 23.1 Å². The molecule has 7 heteroatoms. The standard InChI is InChI=1S/C19H14F2N4O/c1-12-3-2-4-13(7-12)10-25-11-23-18(17(25)9-22)24-19(26)15-8-14(20)5-6-16(15)21/h2-8,11H,10H2,1H3,(H,24,26). The normalized spacial score (nSPS) is 10.4. The number of hydrogen-bond acceptors (Lipinski definition) is 3. The number of carbonyl (C=O) groups is 1. The number of nitriles is 1. The van der Waals surface area contributed by atoms with Crippen LogP contribution in [0.15, 0.2) is 48.8 Å². The van der Waals surface area contributed by atoms with Gasteiger partial charge in [-0.15, -0.1) is 0 Å². The number of nitrogens with one attached hydrogen (secondary N) is 1. The van der Waals surface area contributed by atoms with E-state index in [0.29, 0.717) is 6.54 Å². The minimum absolute atomic E-state index is 0.00573. The van der Waals surface area contributed by atoms with E-state index in [1.807, 2.05) is 37.3 Å². The van der Waals surface area contributed by atoms with Gasteiger partial charge in [0.05, 0.1) is 11.9 Å². The molecule has 130 valence electrons. The van der Waals surface area contributed by atoms with Gasteiger partial charge < -0.3 is 9.88 Å². The molecule has 1 amide bonds. The number of rotatable bonds is 4. The Morgan fingerprint density at radius 1 is 1.27 bits per heavy atom. The maximum atomic E-state index is 13.7. The molecule has 0 aliphatic heterocycles. The largest absolute Gasteiger partial charge is 0.316 e. The quantitative estimate of drug-likeness (QED) is 0.779. The van der Waals surface area contributed by atoms with Crippen LogP contribution < -0.4 is 5.32 Å². The van der Waals surface area contributed by atoms with Crippen LogP contribution in [0.4, 0.5) is 14.6 Å². The molecule has 0 spiro atoms. The Balaban J connectivity index is 1.85. The van der Waals surface area contributed by atoms with Crippen LogP contribution in [0.3, 0.4) is 0 Å². The van der Waals surface area contributed by atoms with Gasteiger partial charge in [-0.2, -0.15) is 5.26 Å². The van der Waals surface area contributed by atoms with E-state index in [0.717, 1.165) is 29.3 Å². The number of aromatic nitrogens is 2. The Hall–Kier alpha value is -3.53. The van der Waals surface area contributed by atoms with Crippen molar-refractivity contribution in [1.82, 2.24) is 9.55 Å². The molecule has 0 aliphatic rings. The van der Waals surface area contributed by atoms with Gasteiger partial charge >= 0.3 is 0 Å². The second-order valence-corrected chi connectivity index (χ2v) is 5.75. The van der Waals surface area contributed by atoms with Crippen LogP contribution in [-0.4, -0.2) is 15.5 Å². The van der Waals surface area contributed by atoms with Gasteiger partial charge in [-0.25, -0.2) is 13.8 Å². The zero-order valence-electron chi connectivity index (χ0n) is 13.8. The summed E-state index contributed by atoms with van der Waals surface area (Å²) in [5.41, 5.74) is 1.71. The highest BCUT2D eigenvalue weighted by Gasteiger charge is 2.18. The first-order chi connectivity index (χ1) is 12.5. The van der Waals surface area contributed by atoms with Gasteiger partial charge in [-0.1, -0.05) is 29.8 Å². The molecule has 1 N–H and O–H groups in total. The van der Waals surface area contributed by atoms with Crippen molar-refractivity contribution >= 4 is 11.7 Å². The first kappa shape index (κ1) is 17.3. The van der Waals surface area contributed by atoms with Crippen molar-refractivity contribution in [2.24, 2.45) is 0 Å². The molecule has 0 fully saturated rings. The molecule has 0 bridgehead atoms. The summed E-state index contributed by atoms with van der Waals surface area (Å²) in [7, 11) is 0. The van der Waals surface area contributed by atoms with Crippen LogP contribution in [0.25, 0.3) is 0 Å². The minimum Gasteiger partial charge on any atom is -0.316 e. The third-order valence-electron chi connectivity index (χ3n) is 3.78. The molecule has 5 nitrogen and oxygen atoms in total. The summed E-state index contributed by atoms with van der Waals surface area (Å²) in [6.45, 7) is 2.35. The van der Waals surface area contributed by atoms with E-state index in [4.69, 9.17) is 0 Å². The Bertz CT molecular complexity index is 1020. The van der Waals surface area contributed by atoms with Gasteiger partial charge in [0.1, 0.15) is 17.7 Å². The van der Waals surface area contributed by atoms with Gasteiger partial charge in [0.15, 0.2) is 11.5 Å². The molecule has 1 aromatic heterocycles. The smallest absolute Gasteiger partial charge is 0.259 e. The zero-order chi connectivity index (χ0) is 18.7. The molecule has 0 saturated heterocycles. The Kier molecular flexibility index (Phi) is 4.76. The van der Waals surface area contributed by atoms with Crippen molar-refractivity contribution < 1.29 is 13.6 Å². The molecule has 3 rings (SSSR count). The summed E-state index contributed by atoms with van der Waals surface area (Å²) >= 11 is 0. The monoisotopic (exact) mass is 352 g/mol. The summed E-state index contributed by atoms with van der Waals surface area (Å²) in [5, 5.41) is 11.8. The van der Waals surface area contributed by atoms with Gasteiger partial charge in [-0.3, -0.25) is 4.79 Å². The molecule has 0 saturated carbocycles. The van der Waals surface area contributed by atoms with Crippen molar-refractivity contribution in [3.8, 4) is 6.07 Å². The summed E-state index contributed by atoms with van der Waals surface area (Å²) in [6.07, 6.45) is 1.42. The lowest BCUT2D eigenvalue weighted by atomic mass is 10.1. The highest BCUT2D eigenvalue weighted by atomic mass is 19.1. The van der Waals surface area contributed by atoms with Gasteiger partial charge in [0, 0.05) is 6.54 Å². The lowest BCUT2D eigenvalue weighted by molar-refractivity contribution is 0.102. The topological polar surface area (TPSA) is 70.7 Å². The van der Waals surface area contributed by atoms with Crippen molar-refractivity contribution in [3.05, 3.63) is 82.8 Å². The second-order valence-electron chi connectivity index (χ2n) is 5.75. The maximum absolute atomic E-state index is 13.7. The van der Waals surface area contributed by atoms with E-state index in [9.17, 15) is 18.8 Å². The van der Waals surface area contributed by atoms with Crippen LogP contribution in [0, 0.1) is 29.9 Å². The lowest BCUT2D eigenvalue weighted by Crippen LogP contribution is -2.15. The summed E-state index contributed by atoms with van der Waals surface area (Å²) < 4.78 is 28.5. The van der Waals surface area contributed by atoms with Crippen molar-refractivity contribution in [2.75, 3.05) is 5.32 Å². The summed E-state index contributed by atoms with van der Waals surface area (Å²) in [4.78, 5) is 16.2. The molecular weight excluding hydrogens is 338 g/mol. The first-order valence-corrected chi connectivity index (χ1v) is 7.75. The van der Waals surface area contributed by atoms with Crippen LogP contribution in [-0.2, 0) is 6.54 Å². The van der Waals surface area contributed by atoms with Gasteiger partial charge in [0.25, 0.3) is 5.91 Å². The van der Waals surface area contributed by atoms with E-state index >= 15 is 0 Å². The predicted octanol–water partition coefficient (Wildman–Crippen LogP) is 3.64. The second kappa shape index (κ2) is 7.15. The first-order valence-electron chi connectivity index (χ1n) is 7.75. The van der Waals surface area contributed by atoms with E-state index in [1.165, 1.54) is 6.33 Å². The number of carbonyl (C=O) groups excluding carboxylic acids is 1. The Morgan fingerprint density at radius 3 is 2.81 bits per heavy atom. The van der Waals surface area contributed by atoms with Crippen molar-refractivity contribution in [2.45, 2.75) is 13.5 Å². The molecule has 0 radical (unpaired) electrons. The number of amides is 1. The highest BCUT2D eigenvalue weighted by Crippen LogP contribution is 2.17. The van der Waals surface area contributed by atoms with Gasteiger partial charge in [-0.05, 0) is 30.7 Å². The van der Waals surface area contributed by atoms with E-state index in [1.54, 1.807) is 4.57 Å². The van der Waals surface area contributed by atoms with Crippen molar-refractivity contribution in [1.29, 1.82) is 5.26 Å². The number of halogens is 2. The SMILES string of the molecule is Cc1cccc(Cn2cnc(NC(=O)c3cc(F)ccc3F)c2C#N)c1. The molecular formula is C19H14F2N4O.